The summed E-state index contributed by atoms with van der Waals surface area (Å²) in [5, 5.41) is 13.6. The molecule has 0 fully saturated rings. The number of oxazole rings is 1. The molecule has 1 aromatic heterocycles. The molecule has 23 heavy (non-hydrogen) atoms. The number of rotatable bonds is 3. The molecule has 0 aliphatic carbocycles. The van der Waals surface area contributed by atoms with Crippen LogP contribution in [0.15, 0.2) is 45.6 Å². The summed E-state index contributed by atoms with van der Waals surface area (Å²) in [4.78, 5) is 36.2. The second kappa shape index (κ2) is 5.41. The summed E-state index contributed by atoms with van der Waals surface area (Å²) in [5.41, 5.74) is 1.78. The van der Waals surface area contributed by atoms with Crippen molar-refractivity contribution < 1.29 is 14.1 Å². The fourth-order valence-electron chi connectivity index (χ4n) is 2.18. The maximum atomic E-state index is 12.2. The van der Waals surface area contributed by atoms with Crippen LogP contribution in [0.1, 0.15) is 15.9 Å². The molecule has 0 bridgehead atoms. The molecule has 2 aromatic carbocycles. The minimum atomic E-state index is -0.586. The summed E-state index contributed by atoms with van der Waals surface area (Å²) in [6.45, 7) is 1.60. The van der Waals surface area contributed by atoms with E-state index in [1.807, 2.05) is 0 Å². The minimum absolute atomic E-state index is 0.118. The molecule has 116 valence electrons. The van der Waals surface area contributed by atoms with Gasteiger partial charge < -0.3 is 9.73 Å². The SMILES string of the molecule is Cc1ccc(C(=O)Nc2ccc3oc(=O)[nH]c3c2)cc1[N+](=O)[O-]. The van der Waals surface area contributed by atoms with Gasteiger partial charge in [0.25, 0.3) is 11.6 Å². The number of benzene rings is 2. The molecule has 0 radical (unpaired) electrons. The number of aromatic amines is 1. The molecule has 0 unspecified atom stereocenters. The van der Waals surface area contributed by atoms with Crippen molar-refractivity contribution in [3.63, 3.8) is 0 Å². The van der Waals surface area contributed by atoms with Crippen molar-refractivity contribution >= 4 is 28.4 Å². The topological polar surface area (TPSA) is 118 Å². The van der Waals surface area contributed by atoms with E-state index in [-0.39, 0.29) is 11.3 Å². The molecular weight excluding hydrogens is 302 g/mol. The average molecular weight is 313 g/mol. The van der Waals surface area contributed by atoms with Crippen LogP contribution in [0.3, 0.4) is 0 Å². The van der Waals surface area contributed by atoms with E-state index in [9.17, 15) is 19.7 Å². The minimum Gasteiger partial charge on any atom is -0.408 e. The first-order valence-corrected chi connectivity index (χ1v) is 6.63. The number of carbonyl (C=O) groups is 1. The van der Waals surface area contributed by atoms with E-state index in [0.717, 1.165) is 0 Å². The Labute approximate surface area is 128 Å². The van der Waals surface area contributed by atoms with Crippen molar-refractivity contribution in [2.75, 3.05) is 5.32 Å². The van der Waals surface area contributed by atoms with Crippen LogP contribution in [0.25, 0.3) is 11.1 Å². The maximum absolute atomic E-state index is 12.2. The normalized spacial score (nSPS) is 10.7. The maximum Gasteiger partial charge on any atom is 0.417 e. The van der Waals surface area contributed by atoms with E-state index in [2.05, 4.69) is 10.3 Å². The second-order valence-corrected chi connectivity index (χ2v) is 4.94. The van der Waals surface area contributed by atoms with Crippen LogP contribution in [-0.4, -0.2) is 15.8 Å². The van der Waals surface area contributed by atoms with Gasteiger partial charge in [-0.3, -0.25) is 19.9 Å². The molecule has 0 saturated carbocycles. The average Bonchev–Trinajstić information content (AvgIpc) is 2.86. The number of nitro groups is 1. The van der Waals surface area contributed by atoms with Gasteiger partial charge in [-0.2, -0.15) is 0 Å². The summed E-state index contributed by atoms with van der Waals surface area (Å²) in [5.74, 6) is -1.07. The highest BCUT2D eigenvalue weighted by Gasteiger charge is 2.15. The Morgan fingerprint density at radius 2 is 2.04 bits per heavy atom. The predicted octanol–water partition coefficient (Wildman–Crippen LogP) is 2.59. The summed E-state index contributed by atoms with van der Waals surface area (Å²) >= 11 is 0. The van der Waals surface area contributed by atoms with Crippen molar-refractivity contribution in [1.82, 2.24) is 4.98 Å². The van der Waals surface area contributed by atoms with Gasteiger partial charge >= 0.3 is 5.76 Å². The Morgan fingerprint density at radius 1 is 1.26 bits per heavy atom. The van der Waals surface area contributed by atoms with Crippen LogP contribution in [0.2, 0.25) is 0 Å². The largest absolute Gasteiger partial charge is 0.417 e. The van der Waals surface area contributed by atoms with Crippen LogP contribution < -0.4 is 11.1 Å². The van der Waals surface area contributed by atoms with E-state index in [1.165, 1.54) is 18.2 Å². The van der Waals surface area contributed by atoms with Crippen molar-refractivity contribution in [3.8, 4) is 0 Å². The van der Waals surface area contributed by atoms with E-state index in [4.69, 9.17) is 4.42 Å². The molecule has 0 saturated heterocycles. The third-order valence-corrected chi connectivity index (χ3v) is 3.34. The van der Waals surface area contributed by atoms with Crippen LogP contribution in [0.4, 0.5) is 11.4 Å². The van der Waals surface area contributed by atoms with Gasteiger partial charge in [0.2, 0.25) is 0 Å². The van der Waals surface area contributed by atoms with Gasteiger partial charge in [0.05, 0.1) is 10.4 Å². The molecular formula is C15H11N3O5. The monoisotopic (exact) mass is 313 g/mol. The Bertz CT molecular complexity index is 986. The van der Waals surface area contributed by atoms with Crippen LogP contribution >= 0.6 is 0 Å². The van der Waals surface area contributed by atoms with Gasteiger partial charge in [-0.15, -0.1) is 0 Å². The lowest BCUT2D eigenvalue weighted by atomic mass is 10.1. The third-order valence-electron chi connectivity index (χ3n) is 3.34. The number of amides is 1. The number of anilines is 1. The molecule has 0 aliphatic heterocycles. The van der Waals surface area contributed by atoms with Crippen molar-refractivity contribution in [2.24, 2.45) is 0 Å². The lowest BCUT2D eigenvalue weighted by molar-refractivity contribution is -0.385. The number of nitro benzene ring substituents is 1. The van der Waals surface area contributed by atoms with Crippen molar-refractivity contribution in [2.45, 2.75) is 6.92 Å². The second-order valence-electron chi connectivity index (χ2n) is 4.94. The lowest BCUT2D eigenvalue weighted by Crippen LogP contribution is -2.12. The van der Waals surface area contributed by atoms with Gasteiger partial charge in [-0.25, -0.2) is 4.79 Å². The predicted molar refractivity (Wildman–Crippen MR) is 82.6 cm³/mol. The van der Waals surface area contributed by atoms with Crippen LogP contribution in [0.5, 0.6) is 0 Å². The molecule has 1 heterocycles. The lowest BCUT2D eigenvalue weighted by Gasteiger charge is -2.06. The van der Waals surface area contributed by atoms with E-state index >= 15 is 0 Å². The smallest absolute Gasteiger partial charge is 0.408 e. The molecule has 8 heteroatoms. The van der Waals surface area contributed by atoms with Gasteiger partial charge in [0.1, 0.15) is 0 Å². The quantitative estimate of drug-likeness (QED) is 0.569. The number of aryl methyl sites for hydroxylation is 1. The zero-order valence-corrected chi connectivity index (χ0v) is 12.0. The first kappa shape index (κ1) is 14.5. The number of hydrogen-bond donors (Lipinski definition) is 2. The number of fused-ring (bicyclic) bond motifs is 1. The van der Waals surface area contributed by atoms with E-state index in [1.54, 1.807) is 25.1 Å². The molecule has 8 nitrogen and oxygen atoms in total. The number of nitrogens with one attached hydrogen (secondary N) is 2. The Kier molecular flexibility index (Phi) is 3.41. The molecule has 0 spiro atoms. The highest BCUT2D eigenvalue weighted by atomic mass is 16.6. The highest BCUT2D eigenvalue weighted by Crippen LogP contribution is 2.21. The van der Waals surface area contributed by atoms with Gasteiger partial charge in [-0.1, -0.05) is 6.07 Å². The number of nitrogens with zero attached hydrogens (tertiary/aromatic N) is 1. The van der Waals surface area contributed by atoms with Crippen LogP contribution in [0, 0.1) is 17.0 Å². The third kappa shape index (κ3) is 2.82. The summed E-state index contributed by atoms with van der Waals surface area (Å²) < 4.78 is 4.87. The molecule has 0 atom stereocenters. The number of aromatic nitrogens is 1. The Hall–Kier alpha value is -3.42. The fourth-order valence-corrected chi connectivity index (χ4v) is 2.18. The van der Waals surface area contributed by atoms with E-state index in [0.29, 0.717) is 22.4 Å². The standard InChI is InChI=1S/C15H11N3O5/c1-8-2-3-9(6-12(8)18(21)22)14(19)16-10-4-5-13-11(7-10)17-15(20)23-13/h2-7H,1H3,(H,16,19)(H,17,20). The zero-order chi connectivity index (χ0) is 16.6. The molecule has 3 rings (SSSR count). The van der Waals surface area contributed by atoms with Gasteiger partial charge in [0, 0.05) is 22.9 Å². The fraction of sp³-hybridized carbons (Fsp3) is 0.0667. The summed E-state index contributed by atoms with van der Waals surface area (Å²) in [6.07, 6.45) is 0. The molecule has 0 aliphatic rings. The summed E-state index contributed by atoms with van der Waals surface area (Å²) in [7, 11) is 0. The number of carbonyl (C=O) groups excluding carboxylic acids is 1. The Morgan fingerprint density at radius 3 is 2.78 bits per heavy atom. The number of H-pyrrole nitrogens is 1. The van der Waals surface area contributed by atoms with E-state index < -0.39 is 16.6 Å². The number of hydrogen-bond acceptors (Lipinski definition) is 5. The summed E-state index contributed by atoms with van der Waals surface area (Å²) in [6, 6.07) is 8.91. The molecule has 1 amide bonds. The molecule has 2 N–H and O–H groups in total. The first-order chi connectivity index (χ1) is 10.9. The van der Waals surface area contributed by atoms with Gasteiger partial charge in [-0.05, 0) is 31.2 Å². The van der Waals surface area contributed by atoms with Crippen molar-refractivity contribution in [1.29, 1.82) is 0 Å². The van der Waals surface area contributed by atoms with Crippen LogP contribution in [-0.2, 0) is 0 Å². The Balaban J connectivity index is 1.89. The molecule has 3 aromatic rings. The highest BCUT2D eigenvalue weighted by molar-refractivity contribution is 6.05. The van der Waals surface area contributed by atoms with Gasteiger partial charge in [0.15, 0.2) is 5.58 Å². The first-order valence-electron chi connectivity index (χ1n) is 6.63. The zero-order valence-electron chi connectivity index (χ0n) is 12.0. The van der Waals surface area contributed by atoms with Crippen molar-refractivity contribution in [3.05, 3.63) is 68.2 Å².